The van der Waals surface area contributed by atoms with Crippen LogP contribution in [0.4, 0.5) is 0 Å². The molecule has 2 aromatic rings. The summed E-state index contributed by atoms with van der Waals surface area (Å²) < 4.78 is 12.5. The summed E-state index contributed by atoms with van der Waals surface area (Å²) in [6.45, 7) is 7.63. The van der Waals surface area contributed by atoms with Crippen molar-refractivity contribution in [3.8, 4) is 0 Å². The van der Waals surface area contributed by atoms with Gasteiger partial charge in [0.05, 0.1) is 5.60 Å². The molecule has 5 heteroatoms. The summed E-state index contributed by atoms with van der Waals surface area (Å²) in [6.07, 6.45) is 0. The van der Waals surface area contributed by atoms with E-state index in [4.69, 9.17) is 8.92 Å². The van der Waals surface area contributed by atoms with Gasteiger partial charge < -0.3 is 10.3 Å². The molecule has 2 unspecified atom stereocenters. The monoisotopic (exact) mass is 384 g/mol. The van der Waals surface area contributed by atoms with Crippen LogP contribution in [-0.4, -0.2) is 11.6 Å². The Hall–Kier alpha value is -0.144. The van der Waals surface area contributed by atoms with Crippen LogP contribution >= 0.6 is 10.3 Å². The Balaban J connectivity index is 0.00000169. The smallest absolute Gasteiger partial charge is 1.00 e. The molecular formula is C20H25KO3S. The molecule has 0 radical (unpaired) electrons. The minimum Gasteiger partial charge on any atom is -1.00 e. The van der Waals surface area contributed by atoms with E-state index in [1.165, 1.54) is 12.5 Å². The molecule has 0 aliphatic carbocycles. The molecule has 130 valence electrons. The third-order valence-electron chi connectivity index (χ3n) is 3.84. The summed E-state index contributed by atoms with van der Waals surface area (Å²) in [5.74, 6) is 0.490. The topological polar surface area (TPSA) is 35.5 Å². The number of benzene rings is 2. The van der Waals surface area contributed by atoms with Crippen molar-refractivity contribution < 1.29 is 66.5 Å². The van der Waals surface area contributed by atoms with E-state index >= 15 is 0 Å². The van der Waals surface area contributed by atoms with Gasteiger partial charge in [-0.15, -0.1) is 0 Å². The summed E-state index contributed by atoms with van der Waals surface area (Å²) in [4.78, 5) is 12.9. The van der Waals surface area contributed by atoms with Gasteiger partial charge in [0.15, 0.2) is 5.44 Å². The van der Waals surface area contributed by atoms with E-state index < -0.39 is 10.3 Å². The number of hydrogen-bond acceptors (Lipinski definition) is 3. The molecule has 2 atom stereocenters. The zero-order valence-electron chi connectivity index (χ0n) is 16.6. The van der Waals surface area contributed by atoms with Crippen LogP contribution in [0.15, 0.2) is 59.5 Å². The van der Waals surface area contributed by atoms with Crippen molar-refractivity contribution in [1.29, 1.82) is 0 Å². The van der Waals surface area contributed by atoms with Crippen LogP contribution in [0.3, 0.4) is 0 Å². The predicted octanol–water partition coefficient (Wildman–Crippen LogP) is 2.47. The van der Waals surface area contributed by atoms with E-state index in [1.807, 2.05) is 36.4 Å². The van der Waals surface area contributed by atoms with E-state index in [9.17, 15) is 4.79 Å². The zero-order valence-corrected chi connectivity index (χ0v) is 19.6. The molecule has 0 N–H and O–H groups in total. The van der Waals surface area contributed by atoms with Crippen LogP contribution in [0, 0.1) is 0 Å². The second-order valence-electron chi connectivity index (χ2n) is 7.02. The molecule has 2 aromatic carbocycles. The molecule has 1 aliphatic rings. The van der Waals surface area contributed by atoms with Crippen LogP contribution in [0.2, 0.25) is 0 Å². The zero-order chi connectivity index (χ0) is 17.4. The maximum atomic E-state index is 11.8. The van der Waals surface area contributed by atoms with Gasteiger partial charge in [0, 0.05) is 23.1 Å². The fraction of sp³-hybridized carbons (Fsp3) is 0.350. The molecule has 0 spiro atoms. The van der Waals surface area contributed by atoms with Gasteiger partial charge in [0.25, 0.3) is 0 Å². The van der Waals surface area contributed by atoms with Crippen LogP contribution in [0.1, 0.15) is 45.7 Å². The fourth-order valence-electron chi connectivity index (χ4n) is 3.12. The first kappa shape index (κ1) is 21.2. The SMILES string of the molecule is CC(=O)OC1c2ccccc2CS1(OC(C)(C)C)c1ccccc1.[H-].[K+]. The molecule has 0 aromatic heterocycles. The summed E-state index contributed by atoms with van der Waals surface area (Å²) in [6, 6.07) is 18.4. The van der Waals surface area contributed by atoms with Gasteiger partial charge in [0.1, 0.15) is 0 Å². The fourth-order valence-corrected chi connectivity index (χ4v) is 7.10. The molecular weight excluding hydrogens is 359 g/mol. The van der Waals surface area contributed by atoms with Crippen molar-refractivity contribution >= 4 is 16.3 Å². The summed E-state index contributed by atoms with van der Waals surface area (Å²) in [7, 11) is -1.84. The van der Waals surface area contributed by atoms with Crippen molar-refractivity contribution in [2.75, 3.05) is 0 Å². The second-order valence-corrected chi connectivity index (χ2v) is 9.83. The minimum absolute atomic E-state index is 0. The molecule has 0 saturated carbocycles. The van der Waals surface area contributed by atoms with E-state index in [0.29, 0.717) is 0 Å². The number of hydrogen-bond donors (Lipinski definition) is 0. The summed E-state index contributed by atoms with van der Waals surface area (Å²) >= 11 is 0. The predicted molar refractivity (Wildman–Crippen MR) is 98.9 cm³/mol. The maximum absolute atomic E-state index is 11.8. The van der Waals surface area contributed by atoms with Gasteiger partial charge in [-0.1, -0.05) is 52.8 Å². The first-order chi connectivity index (χ1) is 11.3. The Morgan fingerprint density at radius 2 is 1.68 bits per heavy atom. The number of carbonyl (C=O) groups is 1. The third kappa shape index (κ3) is 4.58. The molecule has 0 saturated heterocycles. The number of fused-ring (bicyclic) bond motifs is 1. The molecule has 3 nitrogen and oxygen atoms in total. The van der Waals surface area contributed by atoms with Gasteiger partial charge in [0.2, 0.25) is 0 Å². The van der Waals surface area contributed by atoms with E-state index in [2.05, 4.69) is 39.0 Å². The first-order valence-electron chi connectivity index (χ1n) is 8.12. The Morgan fingerprint density at radius 3 is 2.28 bits per heavy atom. The molecule has 1 aliphatic heterocycles. The molecule has 0 bridgehead atoms. The average Bonchev–Trinajstić information content (AvgIpc) is 2.81. The molecule has 1 heterocycles. The van der Waals surface area contributed by atoms with Gasteiger partial charge in [-0.05, 0) is 38.5 Å². The van der Waals surface area contributed by atoms with E-state index in [0.717, 1.165) is 16.2 Å². The van der Waals surface area contributed by atoms with Crippen LogP contribution in [0.5, 0.6) is 0 Å². The van der Waals surface area contributed by atoms with Gasteiger partial charge >= 0.3 is 57.4 Å². The Bertz CT molecular complexity index is 748. The second kappa shape index (κ2) is 8.25. The van der Waals surface area contributed by atoms with E-state index in [-0.39, 0.29) is 69.8 Å². The minimum atomic E-state index is -1.84. The molecule has 0 fully saturated rings. The molecule has 25 heavy (non-hydrogen) atoms. The number of carbonyl (C=O) groups excluding carboxylic acids is 1. The number of esters is 1. The van der Waals surface area contributed by atoms with Crippen LogP contribution in [0.25, 0.3) is 0 Å². The van der Waals surface area contributed by atoms with Crippen molar-refractivity contribution in [3.63, 3.8) is 0 Å². The Labute approximate surface area is 195 Å². The Morgan fingerprint density at radius 1 is 1.08 bits per heavy atom. The first-order valence-corrected chi connectivity index (χ1v) is 9.91. The van der Waals surface area contributed by atoms with Crippen molar-refractivity contribution in [2.24, 2.45) is 0 Å². The third-order valence-corrected chi connectivity index (χ3v) is 7.49. The van der Waals surface area contributed by atoms with Crippen LogP contribution < -0.4 is 51.4 Å². The maximum Gasteiger partial charge on any atom is 1.00 e. The van der Waals surface area contributed by atoms with Crippen molar-refractivity contribution in [2.45, 2.75) is 49.4 Å². The van der Waals surface area contributed by atoms with Crippen LogP contribution in [-0.2, 0) is 19.5 Å². The van der Waals surface area contributed by atoms with Gasteiger partial charge in [-0.2, -0.15) is 0 Å². The van der Waals surface area contributed by atoms with Gasteiger partial charge in [-0.3, -0.25) is 4.79 Å². The normalized spacial score (nSPS) is 24.6. The van der Waals surface area contributed by atoms with Crippen molar-refractivity contribution in [1.82, 2.24) is 0 Å². The largest absolute Gasteiger partial charge is 1.00 e. The molecule has 0 amide bonds. The number of ether oxygens (including phenoxy) is 1. The standard InChI is InChI=1S/C20H24O3S.K.H/c1-15(21)22-19-18-13-9-8-10-16(18)14-24(19,23-20(2,3)4)17-11-6-5-7-12-17;;/h5-13,19H,14H2,1-4H3;;/q;+1;-1. The Kier molecular flexibility index (Phi) is 6.99. The summed E-state index contributed by atoms with van der Waals surface area (Å²) in [5.41, 5.74) is 1.56. The van der Waals surface area contributed by atoms with Gasteiger partial charge in [-0.25, -0.2) is 0 Å². The number of rotatable bonds is 3. The van der Waals surface area contributed by atoms with Crippen molar-refractivity contribution in [3.05, 3.63) is 65.7 Å². The molecule has 3 rings (SSSR count). The average molecular weight is 385 g/mol. The quantitative estimate of drug-likeness (QED) is 0.602. The summed E-state index contributed by atoms with van der Waals surface area (Å²) in [5, 5.41) is 0. The van der Waals surface area contributed by atoms with E-state index in [1.54, 1.807) is 0 Å².